The number of nitrogens with one attached hydrogen (secondary N) is 1. The summed E-state index contributed by atoms with van der Waals surface area (Å²) < 4.78 is 26.4. The van der Waals surface area contributed by atoms with Gasteiger partial charge in [0.25, 0.3) is 0 Å². The minimum absolute atomic E-state index is 0.0621. The summed E-state index contributed by atoms with van der Waals surface area (Å²) in [5.74, 6) is 0.843. The van der Waals surface area contributed by atoms with E-state index in [1.807, 2.05) is 24.3 Å². The smallest absolute Gasteiger partial charge is 0.326 e. The van der Waals surface area contributed by atoms with E-state index in [-0.39, 0.29) is 23.7 Å². The number of carbonyl (C=O) groups is 1. The van der Waals surface area contributed by atoms with Gasteiger partial charge in [-0.1, -0.05) is 31.2 Å². The zero-order valence-corrected chi connectivity index (χ0v) is 22.2. The van der Waals surface area contributed by atoms with Crippen molar-refractivity contribution in [2.24, 2.45) is 11.8 Å². The molecule has 6 nitrogen and oxygen atoms in total. The number of aromatic nitrogens is 1. The second-order valence-corrected chi connectivity index (χ2v) is 10.1. The third-order valence-electron chi connectivity index (χ3n) is 7.64. The molecule has 2 amide bonds. The number of allylic oxidation sites excluding steroid dienone is 1. The lowest BCUT2D eigenvalue weighted by molar-refractivity contribution is 0.104. The number of urea groups is 1. The third-order valence-corrected chi connectivity index (χ3v) is 7.64. The Kier molecular flexibility index (Phi) is 7.21. The highest BCUT2D eigenvalue weighted by molar-refractivity contribution is 5.97. The number of methoxy groups -OCH3 is 1. The van der Waals surface area contributed by atoms with E-state index in [4.69, 9.17) is 9.47 Å². The van der Waals surface area contributed by atoms with E-state index in [1.165, 1.54) is 11.6 Å². The maximum absolute atomic E-state index is 14.4. The molecule has 38 heavy (non-hydrogen) atoms. The van der Waals surface area contributed by atoms with Gasteiger partial charge in [-0.3, -0.25) is 9.88 Å². The second kappa shape index (κ2) is 10.6. The lowest BCUT2D eigenvalue weighted by Gasteiger charge is -2.39. The maximum Gasteiger partial charge on any atom is 0.326 e. The molecule has 2 fully saturated rings. The Labute approximate surface area is 223 Å². The number of carbonyl (C=O) groups excluding carboxylic acids is 1. The van der Waals surface area contributed by atoms with E-state index in [0.29, 0.717) is 24.6 Å². The van der Waals surface area contributed by atoms with Crippen molar-refractivity contribution in [1.82, 2.24) is 10.3 Å². The van der Waals surface area contributed by atoms with Crippen LogP contribution in [0.15, 0.2) is 72.6 Å². The molecule has 0 bridgehead atoms. The van der Waals surface area contributed by atoms with Crippen LogP contribution in [-0.4, -0.2) is 30.8 Å². The van der Waals surface area contributed by atoms with Gasteiger partial charge >= 0.3 is 6.03 Å². The lowest BCUT2D eigenvalue weighted by Crippen LogP contribution is -2.49. The van der Waals surface area contributed by atoms with Crippen LogP contribution < -0.4 is 15.0 Å². The Morgan fingerprint density at radius 2 is 2.11 bits per heavy atom. The van der Waals surface area contributed by atoms with Gasteiger partial charge in [-0.15, -0.1) is 6.58 Å². The zero-order chi connectivity index (χ0) is 27.0. The molecule has 0 radical (unpaired) electrons. The lowest BCUT2D eigenvalue weighted by atomic mass is 9.80. The highest BCUT2D eigenvalue weighted by Gasteiger charge is 2.41. The van der Waals surface area contributed by atoms with Crippen molar-refractivity contribution in [2.45, 2.75) is 45.3 Å². The van der Waals surface area contributed by atoms with Crippen molar-refractivity contribution in [2.75, 3.05) is 18.6 Å². The van der Waals surface area contributed by atoms with Crippen LogP contribution in [0.2, 0.25) is 0 Å². The number of ether oxygens (including phenoxy) is 2. The van der Waals surface area contributed by atoms with Gasteiger partial charge in [0.15, 0.2) is 0 Å². The van der Waals surface area contributed by atoms with Crippen LogP contribution in [0.4, 0.5) is 14.9 Å². The summed E-state index contributed by atoms with van der Waals surface area (Å²) in [4.78, 5) is 19.4. The molecule has 7 heteroatoms. The normalized spacial score (nSPS) is 21.8. The Morgan fingerprint density at radius 3 is 2.76 bits per heavy atom. The molecule has 1 aromatic carbocycles. The van der Waals surface area contributed by atoms with Gasteiger partial charge in [-0.05, 0) is 67.5 Å². The van der Waals surface area contributed by atoms with Crippen molar-refractivity contribution in [3.05, 3.63) is 95.3 Å². The minimum Gasteiger partial charge on any atom is -0.484 e. The Hall–Kier alpha value is -3.71. The number of rotatable bonds is 9. The van der Waals surface area contributed by atoms with E-state index < -0.39 is 11.9 Å². The second-order valence-electron chi connectivity index (χ2n) is 10.1. The van der Waals surface area contributed by atoms with Crippen molar-refractivity contribution >= 4 is 17.8 Å². The van der Waals surface area contributed by atoms with Gasteiger partial charge in [0, 0.05) is 36.6 Å². The molecule has 2 aliphatic carbocycles. The Bertz CT molecular complexity index is 1340. The van der Waals surface area contributed by atoms with Crippen LogP contribution in [0.25, 0.3) is 6.08 Å². The molecule has 1 saturated heterocycles. The van der Waals surface area contributed by atoms with Crippen molar-refractivity contribution in [1.29, 1.82) is 0 Å². The molecule has 198 valence electrons. The number of amides is 2. The third kappa shape index (κ3) is 4.78. The summed E-state index contributed by atoms with van der Waals surface area (Å²) in [7, 11) is 1.72. The van der Waals surface area contributed by atoms with Crippen LogP contribution in [0.3, 0.4) is 0 Å². The van der Waals surface area contributed by atoms with E-state index in [1.54, 1.807) is 37.3 Å². The summed E-state index contributed by atoms with van der Waals surface area (Å²) in [5, 5.41) is 3.12. The van der Waals surface area contributed by atoms with E-state index in [2.05, 4.69) is 30.4 Å². The predicted octanol–water partition coefficient (Wildman–Crippen LogP) is 6.52. The average Bonchev–Trinajstić information content (AvgIpc) is 3.74. The first-order valence-electron chi connectivity index (χ1n) is 13.1. The first kappa shape index (κ1) is 25.9. The minimum atomic E-state index is -0.646. The topological polar surface area (TPSA) is 63.7 Å². The molecular weight excluding hydrogens is 481 g/mol. The number of hydrogen-bond donors (Lipinski definition) is 1. The quantitative estimate of drug-likeness (QED) is 0.387. The van der Waals surface area contributed by atoms with Crippen molar-refractivity contribution < 1.29 is 18.7 Å². The fourth-order valence-corrected chi connectivity index (χ4v) is 5.61. The van der Waals surface area contributed by atoms with Crippen LogP contribution in [0.5, 0.6) is 5.75 Å². The van der Waals surface area contributed by atoms with Gasteiger partial charge in [0.05, 0.1) is 18.3 Å². The van der Waals surface area contributed by atoms with Gasteiger partial charge < -0.3 is 14.8 Å². The average molecular weight is 516 g/mol. The number of anilines is 1. The van der Waals surface area contributed by atoms with Crippen molar-refractivity contribution in [3.8, 4) is 5.75 Å². The zero-order valence-electron chi connectivity index (χ0n) is 22.2. The van der Waals surface area contributed by atoms with Crippen LogP contribution in [-0.2, 0) is 11.2 Å². The monoisotopic (exact) mass is 515 g/mol. The summed E-state index contributed by atoms with van der Waals surface area (Å²) in [6.45, 7) is 12.3. The molecule has 3 aliphatic rings. The highest BCUT2D eigenvalue weighted by Crippen LogP contribution is 2.47. The van der Waals surface area contributed by atoms with Gasteiger partial charge in [-0.2, -0.15) is 0 Å². The number of nitrogens with zero attached hydrogens (tertiary/aromatic N) is 2. The fourth-order valence-electron chi connectivity index (χ4n) is 5.61. The van der Waals surface area contributed by atoms with Crippen LogP contribution in [0, 0.1) is 17.7 Å². The molecule has 2 aromatic rings. The molecular formula is C31H34FN3O3. The standard InChI is InChI=1S/C31H34FN3O3/c1-6-9-22-14-20(7-2)28(38-19(4)30-24(32)10-8-13-33-30)16-26(22)35-17-23-25(34-31(35)36)15-27(37-5)18(3)29(23)21-11-12-21/h6-8,10,13-16,18-19,21,27H,1-2,9,11-12,17H2,3-5H3,(H,34,36). The highest BCUT2D eigenvalue weighted by atomic mass is 19.1. The largest absolute Gasteiger partial charge is 0.484 e. The molecule has 0 spiro atoms. The van der Waals surface area contributed by atoms with E-state index in [0.717, 1.165) is 40.9 Å². The van der Waals surface area contributed by atoms with Crippen molar-refractivity contribution in [3.63, 3.8) is 0 Å². The maximum atomic E-state index is 14.4. The SMILES string of the molecule is C=CCc1cc(C=C)c(OC(C)c2ncccc2F)cc1N1CC2=C(C3CC3)C(C)C(OC)C=C2NC1=O. The van der Waals surface area contributed by atoms with Crippen LogP contribution in [0.1, 0.15) is 49.6 Å². The van der Waals surface area contributed by atoms with Gasteiger partial charge in [0.2, 0.25) is 0 Å². The summed E-state index contributed by atoms with van der Waals surface area (Å²) >= 11 is 0. The first-order valence-corrected chi connectivity index (χ1v) is 13.1. The number of hydrogen-bond acceptors (Lipinski definition) is 4. The molecule has 5 rings (SSSR count). The molecule has 3 atom stereocenters. The molecule has 1 saturated carbocycles. The Balaban J connectivity index is 1.55. The predicted molar refractivity (Wildman–Crippen MR) is 147 cm³/mol. The van der Waals surface area contributed by atoms with Gasteiger partial charge in [0.1, 0.15) is 23.4 Å². The number of benzene rings is 1. The number of pyridine rings is 1. The molecule has 1 N–H and O–H groups in total. The number of halogens is 1. The number of fused-ring (bicyclic) bond motifs is 1. The molecule has 1 aromatic heterocycles. The summed E-state index contributed by atoms with van der Waals surface area (Å²) in [6.07, 6.45) is 9.26. The summed E-state index contributed by atoms with van der Waals surface area (Å²) in [5.41, 5.74) is 6.00. The van der Waals surface area contributed by atoms with E-state index >= 15 is 0 Å². The summed E-state index contributed by atoms with van der Waals surface area (Å²) in [6, 6.07) is 6.50. The molecule has 1 aliphatic heterocycles. The van der Waals surface area contributed by atoms with E-state index in [9.17, 15) is 9.18 Å². The Morgan fingerprint density at radius 1 is 1.32 bits per heavy atom. The molecule has 3 unspecified atom stereocenters. The fraction of sp³-hybridized carbons (Fsp3) is 0.355. The van der Waals surface area contributed by atoms with Crippen LogP contribution >= 0.6 is 0 Å². The first-order chi connectivity index (χ1) is 18.4. The molecule has 2 heterocycles. The van der Waals surface area contributed by atoms with Gasteiger partial charge in [-0.25, -0.2) is 9.18 Å².